The number of nitrogens with one attached hydrogen (secondary N) is 1. The van der Waals surface area contributed by atoms with E-state index in [0.29, 0.717) is 25.1 Å². The lowest BCUT2D eigenvalue weighted by Gasteiger charge is -2.14. The number of amides is 2. The average Bonchev–Trinajstić information content (AvgIpc) is 3.01. The molecule has 1 unspecified atom stereocenters. The Morgan fingerprint density at radius 3 is 2.52 bits per heavy atom. The van der Waals surface area contributed by atoms with Gasteiger partial charge in [-0.05, 0) is 30.2 Å². The Hall–Kier alpha value is -2.31. The van der Waals surface area contributed by atoms with Gasteiger partial charge in [0.15, 0.2) is 0 Å². The molecule has 0 aromatic heterocycles. The number of rotatable bonds is 4. The number of hydrogen-bond acceptors (Lipinski definition) is 2. The van der Waals surface area contributed by atoms with E-state index < -0.39 is 11.7 Å². The van der Waals surface area contributed by atoms with Crippen LogP contribution in [0.15, 0.2) is 36.9 Å². The van der Waals surface area contributed by atoms with Crippen LogP contribution in [0.4, 0.5) is 13.2 Å². The topological polar surface area (TPSA) is 49.4 Å². The Kier molecular flexibility index (Phi) is 5.08. The minimum atomic E-state index is -4.37. The van der Waals surface area contributed by atoms with Crippen molar-refractivity contribution in [3.05, 3.63) is 48.0 Å². The van der Waals surface area contributed by atoms with Crippen LogP contribution in [0.1, 0.15) is 17.5 Å². The van der Waals surface area contributed by atoms with Crippen molar-refractivity contribution in [3.8, 4) is 0 Å². The Bertz CT molecular complexity index is 596. The van der Waals surface area contributed by atoms with Gasteiger partial charge in [0.05, 0.1) is 11.5 Å². The lowest BCUT2D eigenvalue weighted by molar-refractivity contribution is -0.137. The Morgan fingerprint density at radius 2 is 1.96 bits per heavy atom. The van der Waals surface area contributed by atoms with Gasteiger partial charge in [-0.2, -0.15) is 13.2 Å². The lowest BCUT2D eigenvalue weighted by atomic mass is 10.1. The summed E-state index contributed by atoms with van der Waals surface area (Å²) in [5.41, 5.74) is -0.134. The van der Waals surface area contributed by atoms with Crippen LogP contribution in [0, 0.1) is 5.92 Å². The molecule has 1 N–H and O–H groups in total. The van der Waals surface area contributed by atoms with Gasteiger partial charge in [-0.3, -0.25) is 9.59 Å². The molecular formula is C16H17F3N2O2. The maximum absolute atomic E-state index is 12.5. The lowest BCUT2D eigenvalue weighted by Crippen LogP contribution is -2.33. The molecule has 1 aliphatic rings. The zero-order valence-corrected chi connectivity index (χ0v) is 12.4. The largest absolute Gasteiger partial charge is 0.416 e. The Labute approximate surface area is 132 Å². The molecule has 0 aliphatic carbocycles. The van der Waals surface area contributed by atoms with Crippen LogP contribution in [0.5, 0.6) is 0 Å². The zero-order valence-electron chi connectivity index (χ0n) is 12.4. The fraction of sp³-hybridized carbons (Fsp3) is 0.375. The van der Waals surface area contributed by atoms with Gasteiger partial charge in [0.25, 0.3) is 0 Å². The number of hydrogen-bond donors (Lipinski definition) is 1. The SMILES string of the molecule is C=CC(=O)N1CCC(C(=O)NCc2ccc(C(F)(F)F)cc2)C1. The highest BCUT2D eigenvalue weighted by Gasteiger charge is 2.31. The summed E-state index contributed by atoms with van der Waals surface area (Å²) < 4.78 is 37.4. The van der Waals surface area contributed by atoms with Gasteiger partial charge in [0, 0.05) is 19.6 Å². The van der Waals surface area contributed by atoms with Gasteiger partial charge in [-0.15, -0.1) is 0 Å². The normalized spacial score (nSPS) is 17.9. The second-order valence-corrected chi connectivity index (χ2v) is 5.39. The average molecular weight is 326 g/mol. The first kappa shape index (κ1) is 17.1. The number of halogens is 3. The molecule has 0 saturated carbocycles. The van der Waals surface area contributed by atoms with Crippen molar-refractivity contribution >= 4 is 11.8 Å². The molecule has 7 heteroatoms. The summed E-state index contributed by atoms with van der Waals surface area (Å²) in [6.07, 6.45) is -2.59. The first-order valence-electron chi connectivity index (χ1n) is 7.16. The molecule has 23 heavy (non-hydrogen) atoms. The van der Waals surface area contributed by atoms with Crippen molar-refractivity contribution in [2.45, 2.75) is 19.1 Å². The zero-order chi connectivity index (χ0) is 17.0. The second kappa shape index (κ2) is 6.85. The predicted molar refractivity (Wildman–Crippen MR) is 78.2 cm³/mol. The maximum Gasteiger partial charge on any atom is 0.416 e. The maximum atomic E-state index is 12.5. The summed E-state index contributed by atoms with van der Waals surface area (Å²) in [5.74, 6) is -0.708. The predicted octanol–water partition coefficient (Wildman–Crippen LogP) is 2.36. The first-order chi connectivity index (χ1) is 10.8. The van der Waals surface area contributed by atoms with Crippen molar-refractivity contribution in [3.63, 3.8) is 0 Å². The van der Waals surface area contributed by atoms with E-state index in [0.717, 1.165) is 12.1 Å². The third-order valence-electron chi connectivity index (χ3n) is 3.79. The van der Waals surface area contributed by atoms with E-state index >= 15 is 0 Å². The van der Waals surface area contributed by atoms with Crippen LogP contribution in [-0.4, -0.2) is 29.8 Å². The number of carbonyl (C=O) groups is 2. The summed E-state index contributed by atoms with van der Waals surface area (Å²) in [6.45, 7) is 4.40. The van der Waals surface area contributed by atoms with Crippen LogP contribution in [0.2, 0.25) is 0 Å². The number of likely N-dealkylation sites (tertiary alicyclic amines) is 1. The van der Waals surface area contributed by atoms with E-state index in [9.17, 15) is 22.8 Å². The second-order valence-electron chi connectivity index (χ2n) is 5.39. The molecule has 4 nitrogen and oxygen atoms in total. The molecule has 124 valence electrons. The fourth-order valence-electron chi connectivity index (χ4n) is 2.45. The molecule has 1 atom stereocenters. The third-order valence-corrected chi connectivity index (χ3v) is 3.79. The fourth-order valence-corrected chi connectivity index (χ4v) is 2.45. The Morgan fingerprint density at radius 1 is 1.30 bits per heavy atom. The summed E-state index contributed by atoms with van der Waals surface area (Å²) in [7, 11) is 0. The summed E-state index contributed by atoms with van der Waals surface area (Å²) in [5, 5.41) is 2.69. The molecule has 1 saturated heterocycles. The molecule has 1 aromatic rings. The molecule has 2 rings (SSSR count). The molecule has 1 heterocycles. The van der Waals surface area contributed by atoms with Crippen molar-refractivity contribution in [2.24, 2.45) is 5.92 Å². The van der Waals surface area contributed by atoms with Crippen molar-refractivity contribution < 1.29 is 22.8 Å². The third kappa shape index (κ3) is 4.34. The van der Waals surface area contributed by atoms with E-state index in [1.807, 2.05) is 0 Å². The molecule has 0 bridgehead atoms. The molecule has 2 amide bonds. The highest BCUT2D eigenvalue weighted by Crippen LogP contribution is 2.29. The number of nitrogens with zero attached hydrogens (tertiary/aromatic N) is 1. The number of alkyl halides is 3. The van der Waals surface area contributed by atoms with Crippen LogP contribution in [-0.2, 0) is 22.3 Å². The summed E-state index contributed by atoms with van der Waals surface area (Å²) >= 11 is 0. The van der Waals surface area contributed by atoms with Crippen LogP contribution in [0.25, 0.3) is 0 Å². The standard InChI is InChI=1S/C16H17F3N2O2/c1-2-14(22)21-8-7-12(10-21)15(23)20-9-11-3-5-13(6-4-11)16(17,18)19/h2-6,12H,1,7-10H2,(H,20,23). The van der Waals surface area contributed by atoms with Gasteiger partial charge in [0.2, 0.25) is 11.8 Å². The van der Waals surface area contributed by atoms with Crippen LogP contribution < -0.4 is 5.32 Å². The molecule has 1 fully saturated rings. The van der Waals surface area contributed by atoms with Gasteiger partial charge in [-0.1, -0.05) is 18.7 Å². The summed E-state index contributed by atoms with van der Waals surface area (Å²) in [6, 6.07) is 4.65. The van der Waals surface area contributed by atoms with Gasteiger partial charge >= 0.3 is 6.18 Å². The van der Waals surface area contributed by atoms with Gasteiger partial charge < -0.3 is 10.2 Å². The van der Waals surface area contributed by atoms with E-state index in [1.165, 1.54) is 18.2 Å². The van der Waals surface area contributed by atoms with Crippen LogP contribution >= 0.6 is 0 Å². The number of carbonyl (C=O) groups excluding carboxylic acids is 2. The first-order valence-corrected chi connectivity index (χ1v) is 7.16. The van der Waals surface area contributed by atoms with Crippen LogP contribution in [0.3, 0.4) is 0 Å². The molecule has 0 radical (unpaired) electrons. The minimum Gasteiger partial charge on any atom is -0.352 e. The Balaban J connectivity index is 1.85. The van der Waals surface area contributed by atoms with E-state index in [4.69, 9.17) is 0 Å². The molecule has 0 spiro atoms. The molecular weight excluding hydrogens is 309 g/mol. The van der Waals surface area contributed by atoms with Gasteiger partial charge in [-0.25, -0.2) is 0 Å². The van der Waals surface area contributed by atoms with E-state index in [1.54, 1.807) is 4.90 Å². The van der Waals surface area contributed by atoms with E-state index in [2.05, 4.69) is 11.9 Å². The van der Waals surface area contributed by atoms with Crippen molar-refractivity contribution in [1.29, 1.82) is 0 Å². The minimum absolute atomic E-state index is 0.156. The quantitative estimate of drug-likeness (QED) is 0.864. The smallest absolute Gasteiger partial charge is 0.352 e. The van der Waals surface area contributed by atoms with Crippen molar-refractivity contribution in [2.75, 3.05) is 13.1 Å². The highest BCUT2D eigenvalue weighted by molar-refractivity contribution is 5.88. The number of benzene rings is 1. The molecule has 1 aliphatic heterocycles. The van der Waals surface area contributed by atoms with Gasteiger partial charge in [0.1, 0.15) is 0 Å². The monoisotopic (exact) mass is 326 g/mol. The van der Waals surface area contributed by atoms with Crippen molar-refractivity contribution in [1.82, 2.24) is 10.2 Å². The summed E-state index contributed by atoms with van der Waals surface area (Å²) in [4.78, 5) is 25.1. The molecule has 1 aromatic carbocycles. The highest BCUT2D eigenvalue weighted by atomic mass is 19.4. The van der Waals surface area contributed by atoms with E-state index in [-0.39, 0.29) is 24.3 Å².